The highest BCUT2D eigenvalue weighted by Crippen LogP contribution is 2.46. The highest BCUT2D eigenvalue weighted by Gasteiger charge is 2.28. The number of ketones is 1. The molecular formula is C20H20N2O6. The summed E-state index contributed by atoms with van der Waals surface area (Å²) in [5.74, 6) is 1.55. The van der Waals surface area contributed by atoms with Crippen molar-refractivity contribution >= 4 is 17.5 Å². The summed E-state index contributed by atoms with van der Waals surface area (Å²) in [4.78, 5) is 15.0. The molecule has 8 heteroatoms. The van der Waals surface area contributed by atoms with Crippen LogP contribution in [0.25, 0.3) is 6.08 Å². The van der Waals surface area contributed by atoms with E-state index in [2.05, 4.69) is 0 Å². The quantitative estimate of drug-likeness (QED) is 0.610. The Bertz CT molecular complexity index is 952. The fraction of sp³-hybridized carbons (Fsp3) is 0.250. The van der Waals surface area contributed by atoms with Crippen molar-refractivity contribution < 1.29 is 29.4 Å². The van der Waals surface area contributed by atoms with Crippen LogP contribution in [0.2, 0.25) is 0 Å². The average Bonchev–Trinajstić information content (AvgIpc) is 3.10. The molecule has 0 saturated carbocycles. The first-order chi connectivity index (χ1) is 13.5. The second kappa shape index (κ2) is 7.16. The van der Waals surface area contributed by atoms with Gasteiger partial charge >= 0.3 is 0 Å². The lowest BCUT2D eigenvalue weighted by Crippen LogP contribution is -2.99. The van der Waals surface area contributed by atoms with Crippen molar-refractivity contribution in [2.75, 3.05) is 27.5 Å². The summed E-state index contributed by atoms with van der Waals surface area (Å²) in [6.07, 6.45) is 2.51. The molecule has 4 rings (SSSR count). The van der Waals surface area contributed by atoms with Gasteiger partial charge in [0.05, 0.1) is 12.8 Å². The number of carbonyl (C=O) groups excluding carboxylic acids is 1. The molecule has 28 heavy (non-hydrogen) atoms. The highest BCUT2D eigenvalue weighted by atomic mass is 16.8. The van der Waals surface area contributed by atoms with Crippen molar-refractivity contribution in [1.29, 1.82) is 0 Å². The summed E-state index contributed by atoms with van der Waals surface area (Å²) < 4.78 is 16.6. The third-order valence-corrected chi connectivity index (χ3v) is 4.98. The maximum Gasteiger partial charge on any atom is 0.231 e. The first-order valence-electron chi connectivity index (χ1n) is 8.80. The van der Waals surface area contributed by atoms with E-state index in [0.717, 1.165) is 11.1 Å². The third kappa shape index (κ3) is 3.07. The van der Waals surface area contributed by atoms with Gasteiger partial charge in [-0.2, -0.15) is 5.23 Å². The number of likely N-dealkylation sites (N-methyl/N-ethyl adjacent to an activating group) is 1. The first-order valence-corrected chi connectivity index (χ1v) is 8.80. The fourth-order valence-electron chi connectivity index (χ4n) is 3.45. The predicted octanol–water partition coefficient (Wildman–Crippen LogP) is 1.54. The van der Waals surface area contributed by atoms with E-state index in [1.807, 2.05) is 18.0 Å². The molecule has 2 aromatic rings. The topological polar surface area (TPSA) is 95.7 Å². The van der Waals surface area contributed by atoms with E-state index in [9.17, 15) is 10.0 Å². The van der Waals surface area contributed by atoms with Crippen LogP contribution < -0.4 is 19.4 Å². The molecule has 2 heterocycles. The van der Waals surface area contributed by atoms with Gasteiger partial charge in [0.15, 0.2) is 17.2 Å². The van der Waals surface area contributed by atoms with E-state index >= 15 is 0 Å². The molecule has 0 amide bonds. The molecule has 0 saturated heterocycles. The minimum absolute atomic E-state index is 0.138. The predicted molar refractivity (Wildman–Crippen MR) is 100.0 cm³/mol. The molecule has 2 aliphatic rings. The van der Waals surface area contributed by atoms with Gasteiger partial charge in [0, 0.05) is 36.9 Å². The van der Waals surface area contributed by atoms with Gasteiger partial charge < -0.3 is 24.3 Å². The molecule has 0 bridgehead atoms. The molecule has 0 aliphatic carbocycles. The Kier molecular flexibility index (Phi) is 4.68. The minimum atomic E-state index is -1.03. The van der Waals surface area contributed by atoms with Gasteiger partial charge in [0.25, 0.3) is 0 Å². The summed E-state index contributed by atoms with van der Waals surface area (Å²) in [6, 6.07) is 7.85. The van der Waals surface area contributed by atoms with E-state index in [1.165, 1.54) is 24.3 Å². The number of nitrogens with zero attached hydrogens (tertiary/aromatic N) is 1. The Morgan fingerprint density at radius 3 is 2.71 bits per heavy atom. The summed E-state index contributed by atoms with van der Waals surface area (Å²) in [6.45, 7) is 0.778. The van der Waals surface area contributed by atoms with Gasteiger partial charge in [-0.3, -0.25) is 4.79 Å². The lowest BCUT2D eigenvalue weighted by molar-refractivity contribution is -0.991. The average molecular weight is 384 g/mol. The van der Waals surface area contributed by atoms with Crippen molar-refractivity contribution in [2.24, 2.45) is 0 Å². The van der Waals surface area contributed by atoms with E-state index in [4.69, 9.17) is 19.4 Å². The Labute approximate surface area is 161 Å². The number of rotatable bonds is 4. The monoisotopic (exact) mass is 384 g/mol. The molecule has 1 unspecified atom stereocenters. The first kappa shape index (κ1) is 18.3. The standard InChI is InChI=1S/C20H20N2O6/c1-21-8-7-13-9-17-20(28-11-27-17)19(26-2)15(13)10-16(21)18(23)12-3-5-14(6-4-12)22(24)25/h3-6,9-10,22,24H,7-8,11H2,1-2H3. The Balaban J connectivity index is 1.78. The summed E-state index contributed by atoms with van der Waals surface area (Å²) >= 11 is 0. The number of fused-ring (bicyclic) bond motifs is 2. The molecule has 0 radical (unpaired) electrons. The summed E-state index contributed by atoms with van der Waals surface area (Å²) in [5.41, 5.74) is 2.86. The fourth-order valence-corrected chi connectivity index (χ4v) is 3.45. The molecule has 2 aromatic carbocycles. The zero-order valence-corrected chi connectivity index (χ0v) is 15.5. The van der Waals surface area contributed by atoms with Gasteiger partial charge in [-0.05, 0) is 36.3 Å². The van der Waals surface area contributed by atoms with Crippen LogP contribution in [-0.2, 0) is 6.42 Å². The van der Waals surface area contributed by atoms with Gasteiger partial charge in [0.2, 0.25) is 18.3 Å². The molecule has 146 valence electrons. The Morgan fingerprint density at radius 2 is 2.04 bits per heavy atom. The molecule has 0 spiro atoms. The molecule has 0 fully saturated rings. The maximum atomic E-state index is 13.1. The lowest BCUT2D eigenvalue weighted by Gasteiger charge is -2.20. The molecule has 0 aromatic heterocycles. The second-order valence-corrected chi connectivity index (χ2v) is 6.63. The second-order valence-electron chi connectivity index (χ2n) is 6.63. The number of ether oxygens (including phenoxy) is 3. The van der Waals surface area contributed by atoms with Crippen molar-refractivity contribution in [3.8, 4) is 17.2 Å². The van der Waals surface area contributed by atoms with E-state index < -0.39 is 5.23 Å². The van der Waals surface area contributed by atoms with Gasteiger partial charge in [-0.1, -0.05) is 0 Å². The number of methoxy groups -OCH3 is 1. The number of hydrogen-bond acceptors (Lipinski definition) is 7. The van der Waals surface area contributed by atoms with Crippen molar-refractivity contribution in [1.82, 2.24) is 4.90 Å². The molecule has 1 atom stereocenters. The van der Waals surface area contributed by atoms with Crippen LogP contribution in [0.5, 0.6) is 17.2 Å². The maximum absolute atomic E-state index is 13.1. The zero-order chi connectivity index (χ0) is 19.8. The van der Waals surface area contributed by atoms with E-state index in [1.54, 1.807) is 13.2 Å². The molecule has 2 N–H and O–H groups in total. The zero-order valence-electron chi connectivity index (χ0n) is 15.5. The Hall–Kier alpha value is -3.07. The minimum Gasteiger partial charge on any atom is -0.595 e. The third-order valence-electron chi connectivity index (χ3n) is 4.98. The van der Waals surface area contributed by atoms with Crippen LogP contribution in [0.1, 0.15) is 21.5 Å². The van der Waals surface area contributed by atoms with Crippen LogP contribution in [-0.4, -0.2) is 43.4 Å². The molecule has 2 aliphatic heterocycles. The number of benzene rings is 2. The van der Waals surface area contributed by atoms with Crippen molar-refractivity contribution in [2.45, 2.75) is 6.42 Å². The van der Waals surface area contributed by atoms with Crippen LogP contribution in [0, 0.1) is 5.21 Å². The van der Waals surface area contributed by atoms with Crippen LogP contribution >= 0.6 is 0 Å². The smallest absolute Gasteiger partial charge is 0.231 e. The molecular weight excluding hydrogens is 364 g/mol. The number of allylic oxidation sites excluding steroid dienone is 1. The summed E-state index contributed by atoms with van der Waals surface area (Å²) in [5, 5.41) is 19.1. The molecule has 8 nitrogen and oxygen atoms in total. The Morgan fingerprint density at radius 1 is 1.29 bits per heavy atom. The van der Waals surface area contributed by atoms with Gasteiger partial charge in [-0.25, -0.2) is 5.21 Å². The van der Waals surface area contributed by atoms with Crippen molar-refractivity contribution in [3.05, 3.63) is 57.9 Å². The summed E-state index contributed by atoms with van der Waals surface area (Å²) in [7, 11) is 3.42. The van der Waals surface area contributed by atoms with Crippen molar-refractivity contribution in [3.63, 3.8) is 0 Å². The van der Waals surface area contributed by atoms with Gasteiger partial charge in [-0.15, -0.1) is 0 Å². The normalized spacial score (nSPS) is 16.1. The number of carbonyl (C=O) groups is 1. The van der Waals surface area contributed by atoms with Crippen LogP contribution in [0.3, 0.4) is 0 Å². The SMILES string of the molecule is COc1c2c(cc3c1OCO3)CCN(C)C(C(=O)c1ccc([NH+]([O-])O)cc1)=C2. The van der Waals surface area contributed by atoms with Gasteiger partial charge in [0.1, 0.15) is 0 Å². The largest absolute Gasteiger partial charge is 0.595 e. The van der Waals surface area contributed by atoms with Crippen LogP contribution in [0.4, 0.5) is 5.69 Å². The highest BCUT2D eigenvalue weighted by molar-refractivity contribution is 6.11. The lowest BCUT2D eigenvalue weighted by atomic mass is 10.0. The number of Topliss-reactive ketones (excluding diaryl/α,β-unsaturated/α-hetero) is 1. The van der Waals surface area contributed by atoms with E-state index in [-0.39, 0.29) is 18.3 Å². The van der Waals surface area contributed by atoms with E-state index in [0.29, 0.717) is 41.5 Å². The number of nitrogens with one attached hydrogen (secondary N) is 1. The number of quaternary nitrogens is 1. The van der Waals surface area contributed by atoms with Crippen LogP contribution in [0.15, 0.2) is 36.0 Å². The number of hydrogen-bond donors (Lipinski definition) is 2.